The third-order valence-electron chi connectivity index (χ3n) is 2.26. The summed E-state index contributed by atoms with van der Waals surface area (Å²) in [5.41, 5.74) is 0. The summed E-state index contributed by atoms with van der Waals surface area (Å²) in [6.45, 7) is 1.75. The van der Waals surface area contributed by atoms with E-state index in [2.05, 4.69) is 5.32 Å². The standard InChI is InChI=1S/C12H15ClFNO3/c1-2-9(16)6-15-12(17)7-18-11-4-3-8(14)5-10(11)13/h3-5,9,16H,2,6-7H2,1H3,(H,15,17). The molecule has 0 aliphatic carbocycles. The number of carbonyl (C=O) groups is 1. The second-order valence-corrected chi connectivity index (χ2v) is 4.14. The molecule has 1 atom stereocenters. The Morgan fingerprint density at radius 3 is 2.94 bits per heavy atom. The van der Waals surface area contributed by atoms with Crippen molar-refractivity contribution >= 4 is 17.5 Å². The van der Waals surface area contributed by atoms with Crippen LogP contribution in [0.25, 0.3) is 0 Å². The number of carbonyl (C=O) groups excluding carboxylic acids is 1. The average molecular weight is 276 g/mol. The number of benzene rings is 1. The van der Waals surface area contributed by atoms with E-state index in [0.29, 0.717) is 6.42 Å². The van der Waals surface area contributed by atoms with Gasteiger partial charge in [0.25, 0.3) is 5.91 Å². The van der Waals surface area contributed by atoms with Gasteiger partial charge in [0.1, 0.15) is 11.6 Å². The monoisotopic (exact) mass is 275 g/mol. The molecule has 100 valence electrons. The molecule has 1 aromatic carbocycles. The molecule has 18 heavy (non-hydrogen) atoms. The molecular weight excluding hydrogens is 261 g/mol. The minimum atomic E-state index is -0.566. The van der Waals surface area contributed by atoms with E-state index in [0.717, 1.165) is 6.07 Å². The number of halogens is 2. The van der Waals surface area contributed by atoms with Crippen molar-refractivity contribution in [2.75, 3.05) is 13.2 Å². The minimum absolute atomic E-state index is 0.108. The van der Waals surface area contributed by atoms with E-state index in [1.807, 2.05) is 6.92 Å². The predicted molar refractivity (Wildman–Crippen MR) is 66.2 cm³/mol. The van der Waals surface area contributed by atoms with Crippen LogP contribution in [0.4, 0.5) is 4.39 Å². The van der Waals surface area contributed by atoms with Crippen LogP contribution in [0.1, 0.15) is 13.3 Å². The highest BCUT2D eigenvalue weighted by atomic mass is 35.5. The van der Waals surface area contributed by atoms with Gasteiger partial charge in [-0.1, -0.05) is 18.5 Å². The number of ether oxygens (including phenoxy) is 1. The van der Waals surface area contributed by atoms with Crippen LogP contribution >= 0.6 is 11.6 Å². The lowest BCUT2D eigenvalue weighted by molar-refractivity contribution is -0.123. The fraction of sp³-hybridized carbons (Fsp3) is 0.417. The Morgan fingerprint density at radius 1 is 1.61 bits per heavy atom. The summed E-state index contributed by atoms with van der Waals surface area (Å²) in [5.74, 6) is -0.602. The van der Waals surface area contributed by atoms with Crippen LogP contribution in [0.3, 0.4) is 0 Å². The molecule has 0 spiro atoms. The van der Waals surface area contributed by atoms with Gasteiger partial charge in [0.2, 0.25) is 0 Å². The van der Waals surface area contributed by atoms with Crippen molar-refractivity contribution < 1.29 is 19.0 Å². The van der Waals surface area contributed by atoms with E-state index >= 15 is 0 Å². The predicted octanol–water partition coefficient (Wildman–Crippen LogP) is 1.74. The first-order valence-electron chi connectivity index (χ1n) is 5.55. The van der Waals surface area contributed by atoms with Gasteiger partial charge in [-0.25, -0.2) is 4.39 Å². The molecule has 0 radical (unpaired) electrons. The van der Waals surface area contributed by atoms with E-state index < -0.39 is 11.9 Å². The lowest BCUT2D eigenvalue weighted by atomic mass is 10.3. The van der Waals surface area contributed by atoms with Crippen molar-refractivity contribution in [2.24, 2.45) is 0 Å². The Labute approximate surface area is 110 Å². The summed E-state index contributed by atoms with van der Waals surface area (Å²) in [6, 6.07) is 3.65. The summed E-state index contributed by atoms with van der Waals surface area (Å²) in [7, 11) is 0. The maximum absolute atomic E-state index is 12.7. The molecule has 0 bridgehead atoms. The van der Waals surface area contributed by atoms with E-state index in [-0.39, 0.29) is 29.8 Å². The molecule has 1 unspecified atom stereocenters. The van der Waals surface area contributed by atoms with Gasteiger partial charge in [0, 0.05) is 6.54 Å². The number of hydrogen-bond donors (Lipinski definition) is 2. The highest BCUT2D eigenvalue weighted by molar-refractivity contribution is 6.32. The zero-order valence-corrected chi connectivity index (χ0v) is 10.7. The first kappa shape index (κ1) is 14.7. The molecule has 0 heterocycles. The van der Waals surface area contributed by atoms with Gasteiger partial charge in [-0.05, 0) is 24.6 Å². The van der Waals surface area contributed by atoms with Crippen LogP contribution in [0.2, 0.25) is 5.02 Å². The Balaban J connectivity index is 2.38. The van der Waals surface area contributed by atoms with Gasteiger partial charge >= 0.3 is 0 Å². The first-order chi connectivity index (χ1) is 8.52. The third-order valence-corrected chi connectivity index (χ3v) is 2.55. The molecule has 6 heteroatoms. The summed E-state index contributed by atoms with van der Waals surface area (Å²) in [6.07, 6.45) is -0.00589. The second-order valence-electron chi connectivity index (χ2n) is 3.73. The highest BCUT2D eigenvalue weighted by Crippen LogP contribution is 2.24. The first-order valence-corrected chi connectivity index (χ1v) is 5.93. The van der Waals surface area contributed by atoms with Gasteiger partial charge in [0.15, 0.2) is 6.61 Å². The molecule has 1 aromatic rings. The molecule has 1 amide bonds. The Hall–Kier alpha value is -1.33. The summed E-state index contributed by atoms with van der Waals surface area (Å²) in [5, 5.41) is 11.9. The average Bonchev–Trinajstić information content (AvgIpc) is 2.34. The maximum atomic E-state index is 12.7. The zero-order chi connectivity index (χ0) is 13.5. The number of rotatable bonds is 6. The fourth-order valence-corrected chi connectivity index (χ4v) is 1.38. The molecule has 4 nitrogen and oxygen atoms in total. The molecule has 0 saturated heterocycles. The molecule has 0 aromatic heterocycles. The van der Waals surface area contributed by atoms with Gasteiger partial charge < -0.3 is 15.2 Å². The highest BCUT2D eigenvalue weighted by Gasteiger charge is 2.08. The van der Waals surface area contributed by atoms with E-state index in [1.165, 1.54) is 12.1 Å². The van der Waals surface area contributed by atoms with Crippen LogP contribution in [-0.2, 0) is 4.79 Å². The van der Waals surface area contributed by atoms with Gasteiger partial charge in [-0.3, -0.25) is 4.79 Å². The maximum Gasteiger partial charge on any atom is 0.258 e. The molecule has 0 saturated carbocycles. The molecule has 0 aliphatic heterocycles. The SMILES string of the molecule is CCC(O)CNC(=O)COc1ccc(F)cc1Cl. The molecule has 2 N–H and O–H groups in total. The Bertz CT molecular complexity index is 414. The third kappa shape index (κ3) is 4.89. The van der Waals surface area contributed by atoms with E-state index in [4.69, 9.17) is 16.3 Å². The second kappa shape index (κ2) is 7.18. The van der Waals surface area contributed by atoms with Gasteiger partial charge in [-0.15, -0.1) is 0 Å². The number of hydrogen-bond acceptors (Lipinski definition) is 3. The van der Waals surface area contributed by atoms with Crippen molar-refractivity contribution in [1.82, 2.24) is 5.32 Å². The van der Waals surface area contributed by atoms with Crippen LogP contribution in [0.5, 0.6) is 5.75 Å². The smallest absolute Gasteiger partial charge is 0.258 e. The van der Waals surface area contributed by atoms with Crippen LogP contribution in [0.15, 0.2) is 18.2 Å². The molecule has 0 fully saturated rings. The summed E-state index contributed by atoms with van der Waals surface area (Å²) < 4.78 is 17.9. The van der Waals surface area contributed by atoms with Crippen LogP contribution in [-0.4, -0.2) is 30.3 Å². The van der Waals surface area contributed by atoms with E-state index in [1.54, 1.807) is 0 Å². The Kier molecular flexibility index (Phi) is 5.88. The van der Waals surface area contributed by atoms with Crippen molar-refractivity contribution in [1.29, 1.82) is 0 Å². The Morgan fingerprint density at radius 2 is 2.33 bits per heavy atom. The molecule has 1 rings (SSSR count). The minimum Gasteiger partial charge on any atom is -0.482 e. The van der Waals surface area contributed by atoms with Crippen LogP contribution < -0.4 is 10.1 Å². The fourth-order valence-electron chi connectivity index (χ4n) is 1.16. The summed E-state index contributed by atoms with van der Waals surface area (Å²) in [4.78, 5) is 11.4. The number of amides is 1. The lowest BCUT2D eigenvalue weighted by Gasteiger charge is -2.11. The van der Waals surface area contributed by atoms with Crippen LogP contribution in [0, 0.1) is 5.82 Å². The van der Waals surface area contributed by atoms with Gasteiger partial charge in [0.05, 0.1) is 11.1 Å². The van der Waals surface area contributed by atoms with Crippen molar-refractivity contribution in [3.8, 4) is 5.75 Å². The quantitative estimate of drug-likeness (QED) is 0.831. The zero-order valence-electron chi connectivity index (χ0n) is 9.95. The number of aliphatic hydroxyl groups excluding tert-OH is 1. The van der Waals surface area contributed by atoms with E-state index in [9.17, 15) is 14.3 Å². The van der Waals surface area contributed by atoms with Crippen molar-refractivity contribution in [3.05, 3.63) is 29.0 Å². The molecule has 0 aliphatic rings. The van der Waals surface area contributed by atoms with Gasteiger partial charge in [-0.2, -0.15) is 0 Å². The normalized spacial score (nSPS) is 12.0. The van der Waals surface area contributed by atoms with Crippen molar-refractivity contribution in [2.45, 2.75) is 19.4 Å². The van der Waals surface area contributed by atoms with Crippen molar-refractivity contribution in [3.63, 3.8) is 0 Å². The lowest BCUT2D eigenvalue weighted by Crippen LogP contribution is -2.35. The topological polar surface area (TPSA) is 58.6 Å². The number of nitrogens with one attached hydrogen (secondary N) is 1. The number of aliphatic hydroxyl groups is 1. The largest absolute Gasteiger partial charge is 0.482 e. The molecular formula is C12H15ClFNO3. The summed E-state index contributed by atoms with van der Waals surface area (Å²) >= 11 is 5.73.